The van der Waals surface area contributed by atoms with E-state index in [2.05, 4.69) is 10.6 Å². The van der Waals surface area contributed by atoms with Gasteiger partial charge >= 0.3 is 12.0 Å². The van der Waals surface area contributed by atoms with Crippen LogP contribution in [0.4, 0.5) is 16.2 Å². The molecule has 0 aliphatic carbocycles. The van der Waals surface area contributed by atoms with Crippen LogP contribution in [-0.2, 0) is 11.2 Å². The number of anilines is 2. The van der Waals surface area contributed by atoms with E-state index in [1.807, 2.05) is 6.92 Å². The summed E-state index contributed by atoms with van der Waals surface area (Å²) >= 11 is 5.91. The van der Waals surface area contributed by atoms with Crippen molar-refractivity contribution in [2.45, 2.75) is 26.2 Å². The van der Waals surface area contributed by atoms with Crippen molar-refractivity contribution in [2.75, 3.05) is 17.2 Å². The van der Waals surface area contributed by atoms with Gasteiger partial charge in [0.1, 0.15) is 5.75 Å². The molecule has 6 nitrogen and oxygen atoms in total. The Morgan fingerprint density at radius 2 is 1.96 bits per heavy atom. The maximum atomic E-state index is 12.3. The Morgan fingerprint density at radius 1 is 1.15 bits per heavy atom. The highest BCUT2D eigenvalue weighted by molar-refractivity contribution is 6.30. The number of carboxylic acids is 1. The molecule has 3 N–H and O–H groups in total. The lowest BCUT2D eigenvalue weighted by molar-refractivity contribution is -0.136. The van der Waals surface area contributed by atoms with Gasteiger partial charge in [-0.3, -0.25) is 4.79 Å². The number of halogens is 1. The van der Waals surface area contributed by atoms with E-state index < -0.39 is 12.0 Å². The number of carboxylic acid groups (broad SMARTS) is 1. The monoisotopic (exact) mass is 376 g/mol. The fourth-order valence-corrected chi connectivity index (χ4v) is 2.46. The average molecular weight is 377 g/mol. The number of benzene rings is 2. The van der Waals surface area contributed by atoms with Gasteiger partial charge in [-0.2, -0.15) is 0 Å². The van der Waals surface area contributed by atoms with Gasteiger partial charge in [-0.15, -0.1) is 0 Å². The topological polar surface area (TPSA) is 87.7 Å². The number of aliphatic carboxylic acids is 1. The Balaban J connectivity index is 2.13. The molecule has 0 fully saturated rings. The van der Waals surface area contributed by atoms with Crippen LogP contribution in [-0.4, -0.2) is 23.7 Å². The van der Waals surface area contributed by atoms with E-state index in [1.165, 1.54) is 0 Å². The van der Waals surface area contributed by atoms with Crippen molar-refractivity contribution in [3.8, 4) is 5.75 Å². The van der Waals surface area contributed by atoms with E-state index >= 15 is 0 Å². The summed E-state index contributed by atoms with van der Waals surface area (Å²) in [7, 11) is 0. The van der Waals surface area contributed by atoms with Crippen molar-refractivity contribution < 1.29 is 19.4 Å². The van der Waals surface area contributed by atoms with E-state index in [9.17, 15) is 9.59 Å². The summed E-state index contributed by atoms with van der Waals surface area (Å²) in [4.78, 5) is 23.0. The maximum Gasteiger partial charge on any atom is 0.323 e. The molecule has 26 heavy (non-hydrogen) atoms. The van der Waals surface area contributed by atoms with Crippen LogP contribution in [0, 0.1) is 0 Å². The van der Waals surface area contributed by atoms with Gasteiger partial charge in [0, 0.05) is 17.1 Å². The molecule has 0 unspecified atom stereocenters. The molecule has 0 atom stereocenters. The predicted molar refractivity (Wildman–Crippen MR) is 102 cm³/mol. The second-order valence-corrected chi connectivity index (χ2v) is 6.10. The molecule has 0 radical (unpaired) electrons. The van der Waals surface area contributed by atoms with E-state index in [0.717, 1.165) is 12.0 Å². The third-order valence-electron chi connectivity index (χ3n) is 3.46. The molecule has 7 heteroatoms. The minimum atomic E-state index is -0.871. The first-order valence-corrected chi connectivity index (χ1v) is 8.67. The first-order valence-electron chi connectivity index (χ1n) is 8.29. The van der Waals surface area contributed by atoms with Crippen LogP contribution >= 0.6 is 11.6 Å². The van der Waals surface area contributed by atoms with Gasteiger partial charge in [-0.05, 0) is 48.7 Å². The third kappa shape index (κ3) is 6.29. The largest absolute Gasteiger partial charge is 0.491 e. The summed E-state index contributed by atoms with van der Waals surface area (Å²) in [5.74, 6) is -0.336. The zero-order chi connectivity index (χ0) is 18.9. The van der Waals surface area contributed by atoms with Crippen LogP contribution in [0.2, 0.25) is 5.02 Å². The Hall–Kier alpha value is -2.73. The Kier molecular flexibility index (Phi) is 7.29. The Bertz CT molecular complexity index is 780. The van der Waals surface area contributed by atoms with Crippen LogP contribution in [0.3, 0.4) is 0 Å². The molecule has 0 spiro atoms. The molecule has 0 aliphatic heterocycles. The standard InChI is InChI=1S/C19H21ClN2O4/c1-2-10-26-17-8-6-13(7-9-18(23)24)11-16(17)22-19(25)21-15-5-3-4-14(20)12-15/h3-6,8,11-12H,2,7,9-10H2,1H3,(H,23,24)(H2,21,22,25). The highest BCUT2D eigenvalue weighted by Crippen LogP contribution is 2.27. The number of amides is 2. The van der Waals surface area contributed by atoms with Gasteiger partial charge in [0.15, 0.2) is 0 Å². The molecule has 0 heterocycles. The fourth-order valence-electron chi connectivity index (χ4n) is 2.27. The zero-order valence-electron chi connectivity index (χ0n) is 14.4. The molecule has 0 saturated heterocycles. The summed E-state index contributed by atoms with van der Waals surface area (Å²) in [6.45, 7) is 2.50. The van der Waals surface area contributed by atoms with Gasteiger partial charge in [-0.1, -0.05) is 30.7 Å². The molecular weight excluding hydrogens is 356 g/mol. The molecule has 0 aliphatic rings. The molecule has 0 saturated carbocycles. The number of aryl methyl sites for hydroxylation is 1. The van der Waals surface area contributed by atoms with Gasteiger partial charge in [-0.25, -0.2) is 4.79 Å². The molecule has 138 valence electrons. The number of carbonyl (C=O) groups excluding carboxylic acids is 1. The molecule has 2 aromatic carbocycles. The van der Waals surface area contributed by atoms with Crippen molar-refractivity contribution in [3.05, 3.63) is 53.1 Å². The van der Waals surface area contributed by atoms with Crippen molar-refractivity contribution in [1.29, 1.82) is 0 Å². The van der Waals surface area contributed by atoms with Crippen molar-refractivity contribution in [2.24, 2.45) is 0 Å². The number of ether oxygens (including phenoxy) is 1. The highest BCUT2D eigenvalue weighted by atomic mass is 35.5. The first-order chi connectivity index (χ1) is 12.5. The minimum Gasteiger partial charge on any atom is -0.491 e. The number of carbonyl (C=O) groups is 2. The number of hydrogen-bond acceptors (Lipinski definition) is 3. The first kappa shape index (κ1) is 19.6. The highest BCUT2D eigenvalue weighted by Gasteiger charge is 2.11. The second-order valence-electron chi connectivity index (χ2n) is 5.66. The lowest BCUT2D eigenvalue weighted by atomic mass is 10.1. The quantitative estimate of drug-likeness (QED) is 0.618. The summed E-state index contributed by atoms with van der Waals surface area (Å²) in [6.07, 6.45) is 1.21. The van der Waals surface area contributed by atoms with Gasteiger partial charge in [0.05, 0.1) is 12.3 Å². The van der Waals surface area contributed by atoms with Gasteiger partial charge in [0.2, 0.25) is 0 Å². The molecule has 2 aromatic rings. The van der Waals surface area contributed by atoms with Crippen LogP contribution in [0.5, 0.6) is 5.75 Å². The smallest absolute Gasteiger partial charge is 0.323 e. The lowest BCUT2D eigenvalue weighted by Crippen LogP contribution is -2.20. The summed E-state index contributed by atoms with van der Waals surface area (Å²) < 4.78 is 5.66. The van der Waals surface area contributed by atoms with E-state index in [1.54, 1.807) is 42.5 Å². The van der Waals surface area contributed by atoms with E-state index in [-0.39, 0.29) is 6.42 Å². The number of rotatable bonds is 8. The van der Waals surface area contributed by atoms with Crippen LogP contribution in [0.15, 0.2) is 42.5 Å². The number of hydrogen-bond donors (Lipinski definition) is 3. The Morgan fingerprint density at radius 3 is 2.65 bits per heavy atom. The van der Waals surface area contributed by atoms with Gasteiger partial charge in [0.25, 0.3) is 0 Å². The van der Waals surface area contributed by atoms with Crippen molar-refractivity contribution in [3.63, 3.8) is 0 Å². The van der Waals surface area contributed by atoms with Crippen LogP contribution in [0.25, 0.3) is 0 Å². The normalized spacial score (nSPS) is 10.2. The van der Waals surface area contributed by atoms with Crippen LogP contribution in [0.1, 0.15) is 25.3 Å². The molecule has 2 rings (SSSR count). The van der Waals surface area contributed by atoms with Crippen molar-refractivity contribution >= 4 is 35.0 Å². The van der Waals surface area contributed by atoms with Gasteiger partial charge < -0.3 is 20.5 Å². The fraction of sp³-hybridized carbons (Fsp3) is 0.263. The molecule has 0 bridgehead atoms. The summed E-state index contributed by atoms with van der Waals surface area (Å²) in [6, 6.07) is 11.6. The number of nitrogens with one attached hydrogen (secondary N) is 2. The minimum absolute atomic E-state index is 0.0172. The summed E-state index contributed by atoms with van der Waals surface area (Å²) in [5, 5.41) is 14.8. The Labute approximate surface area is 157 Å². The second kappa shape index (κ2) is 9.68. The summed E-state index contributed by atoms with van der Waals surface area (Å²) in [5.41, 5.74) is 1.85. The third-order valence-corrected chi connectivity index (χ3v) is 3.70. The predicted octanol–water partition coefficient (Wildman–Crippen LogP) is 4.79. The number of urea groups is 1. The van der Waals surface area contributed by atoms with E-state index in [0.29, 0.717) is 35.2 Å². The lowest BCUT2D eigenvalue weighted by Gasteiger charge is -2.14. The van der Waals surface area contributed by atoms with Crippen molar-refractivity contribution in [1.82, 2.24) is 0 Å². The average Bonchev–Trinajstić information content (AvgIpc) is 2.59. The molecular formula is C19H21ClN2O4. The van der Waals surface area contributed by atoms with E-state index in [4.69, 9.17) is 21.4 Å². The van der Waals surface area contributed by atoms with Crippen LogP contribution < -0.4 is 15.4 Å². The maximum absolute atomic E-state index is 12.3. The SMILES string of the molecule is CCCOc1ccc(CCC(=O)O)cc1NC(=O)Nc1cccc(Cl)c1. The zero-order valence-corrected chi connectivity index (χ0v) is 15.2. The molecule has 0 aromatic heterocycles. The molecule has 2 amide bonds.